The average Bonchev–Trinajstić information content (AvgIpc) is 3.19. The van der Waals surface area contributed by atoms with Gasteiger partial charge in [0, 0.05) is 23.3 Å². The van der Waals surface area contributed by atoms with Gasteiger partial charge in [-0.2, -0.15) is 0 Å². The summed E-state index contributed by atoms with van der Waals surface area (Å²) in [5, 5.41) is 15.6. The molecule has 164 valence electrons. The number of carbonyl (C=O) groups is 2. The van der Waals surface area contributed by atoms with E-state index in [1.165, 1.54) is 36.1 Å². The van der Waals surface area contributed by atoms with Gasteiger partial charge in [0.15, 0.2) is 5.69 Å². The highest BCUT2D eigenvalue weighted by Crippen LogP contribution is 2.27. The van der Waals surface area contributed by atoms with Gasteiger partial charge < -0.3 is 0 Å². The molecule has 0 saturated heterocycles. The smallest absolute Gasteiger partial charge is 0.269 e. The molecule has 0 radical (unpaired) electrons. The van der Waals surface area contributed by atoms with Gasteiger partial charge in [-0.05, 0) is 25.0 Å². The van der Waals surface area contributed by atoms with Crippen molar-refractivity contribution in [2.24, 2.45) is 0 Å². The van der Waals surface area contributed by atoms with Crippen molar-refractivity contribution in [2.45, 2.75) is 52.0 Å². The van der Waals surface area contributed by atoms with Crippen molar-refractivity contribution < 1.29 is 19.2 Å². The van der Waals surface area contributed by atoms with Gasteiger partial charge in [0.05, 0.1) is 10.1 Å². The Morgan fingerprint density at radius 3 is 2.19 bits per heavy atom. The van der Waals surface area contributed by atoms with Gasteiger partial charge in [-0.3, -0.25) is 19.7 Å². The fourth-order valence-electron chi connectivity index (χ4n) is 4.08. The van der Waals surface area contributed by atoms with E-state index in [0.717, 1.165) is 19.3 Å². The van der Waals surface area contributed by atoms with Crippen molar-refractivity contribution in [1.82, 2.24) is 9.90 Å². The zero-order chi connectivity index (χ0) is 22.7. The minimum atomic E-state index is -0.480. The molecule has 0 bridgehead atoms. The highest BCUT2D eigenvalue weighted by Gasteiger charge is 2.43. The molecule has 1 aliphatic rings. The van der Waals surface area contributed by atoms with Crippen LogP contribution in [0.5, 0.6) is 0 Å². The topological polar surface area (TPSA) is 99.0 Å². The summed E-state index contributed by atoms with van der Waals surface area (Å²) < 4.78 is 3.05. The Kier molecular flexibility index (Phi) is 6.20. The van der Waals surface area contributed by atoms with Gasteiger partial charge >= 0.3 is 0 Å². The molecule has 3 aromatic rings. The largest absolute Gasteiger partial charge is 0.284 e. The van der Waals surface area contributed by atoms with Gasteiger partial charge in [-0.25, -0.2) is 0 Å². The van der Waals surface area contributed by atoms with Crippen LogP contribution in [0.15, 0.2) is 48.5 Å². The molecule has 0 saturated carbocycles. The van der Waals surface area contributed by atoms with Gasteiger partial charge in [-0.15, -0.1) is 4.68 Å². The second-order valence-corrected chi connectivity index (χ2v) is 7.97. The van der Waals surface area contributed by atoms with E-state index in [1.54, 1.807) is 41.1 Å². The Labute approximate surface area is 185 Å². The summed E-state index contributed by atoms with van der Waals surface area (Å²) in [6.07, 6.45) is 6.56. The summed E-state index contributed by atoms with van der Waals surface area (Å²) in [7, 11) is 0. The van der Waals surface area contributed by atoms with Crippen LogP contribution in [-0.2, 0) is 6.54 Å². The highest BCUT2D eigenvalue weighted by atomic mass is 16.6. The second kappa shape index (κ2) is 9.21. The Hall–Kier alpha value is -3.68. The van der Waals surface area contributed by atoms with Crippen molar-refractivity contribution in [1.29, 1.82) is 0 Å². The molecule has 8 nitrogen and oxygen atoms in total. The number of hydrogen-bond donors (Lipinski definition) is 0. The number of nitro groups is 1. The van der Waals surface area contributed by atoms with Crippen LogP contribution < -0.4 is 4.68 Å². The molecular formula is C24H25N4O4+. The lowest BCUT2D eigenvalue weighted by atomic mass is 9.89. The Morgan fingerprint density at radius 1 is 0.906 bits per heavy atom. The molecule has 0 fully saturated rings. The molecule has 32 heavy (non-hydrogen) atoms. The van der Waals surface area contributed by atoms with Crippen LogP contribution in [0.1, 0.15) is 77.6 Å². The normalized spacial score (nSPS) is 12.5. The third-order valence-electron chi connectivity index (χ3n) is 5.77. The van der Waals surface area contributed by atoms with Crippen LogP contribution in [0.2, 0.25) is 0 Å². The molecule has 2 aromatic carbocycles. The highest BCUT2D eigenvalue weighted by molar-refractivity contribution is 6.26. The molecule has 0 amide bonds. The van der Waals surface area contributed by atoms with Crippen molar-refractivity contribution in [2.75, 3.05) is 0 Å². The van der Waals surface area contributed by atoms with E-state index in [-0.39, 0.29) is 28.6 Å². The summed E-state index contributed by atoms with van der Waals surface area (Å²) in [5.74, 6) is -0.503. The summed E-state index contributed by atoms with van der Waals surface area (Å²) in [4.78, 5) is 37.2. The standard InChI is InChI=1S/C24H25N4O4/c1-2-3-4-5-6-9-16-26-21-22(24(30)20-11-8-7-10-19(20)23(21)29)27(25-26)17-12-14-18(15-13-17)28(31)32/h7-8,10-15H,2-6,9,16H2,1H3/q+1. The van der Waals surface area contributed by atoms with Gasteiger partial charge in [-0.1, -0.05) is 61.6 Å². The SMILES string of the molecule is CCCCCCCC[n+]1nn(-c2ccc([N+](=O)[O-])cc2)c2c1C(=O)c1ccccc1C2=O. The maximum atomic E-state index is 13.3. The minimum Gasteiger partial charge on any atom is -0.284 e. The van der Waals surface area contributed by atoms with E-state index in [4.69, 9.17) is 0 Å². The van der Waals surface area contributed by atoms with E-state index in [2.05, 4.69) is 12.1 Å². The van der Waals surface area contributed by atoms with Crippen molar-refractivity contribution in [3.8, 4) is 5.69 Å². The number of carbonyl (C=O) groups excluding carboxylic acids is 2. The van der Waals surface area contributed by atoms with Crippen LogP contribution in [-0.4, -0.2) is 26.4 Å². The number of aromatic nitrogens is 3. The number of rotatable bonds is 9. The quantitative estimate of drug-likeness (QED) is 0.170. The lowest BCUT2D eigenvalue weighted by molar-refractivity contribution is -0.756. The van der Waals surface area contributed by atoms with Gasteiger partial charge in [0.2, 0.25) is 17.3 Å². The molecule has 0 spiro atoms. The number of unbranched alkanes of at least 4 members (excludes halogenated alkanes) is 5. The summed E-state index contributed by atoms with van der Waals surface area (Å²) >= 11 is 0. The van der Waals surface area contributed by atoms with Gasteiger partial charge in [0.1, 0.15) is 6.54 Å². The fourth-order valence-corrected chi connectivity index (χ4v) is 4.08. The molecule has 1 heterocycles. The summed E-state index contributed by atoms with van der Waals surface area (Å²) in [6.45, 7) is 2.70. The molecular weight excluding hydrogens is 408 g/mol. The maximum Gasteiger partial charge on any atom is 0.269 e. The molecule has 0 atom stereocenters. The van der Waals surface area contributed by atoms with E-state index in [1.807, 2.05) is 0 Å². The van der Waals surface area contributed by atoms with E-state index >= 15 is 0 Å². The molecule has 1 aliphatic carbocycles. The van der Waals surface area contributed by atoms with E-state index in [0.29, 0.717) is 23.4 Å². The van der Waals surface area contributed by atoms with Crippen LogP contribution >= 0.6 is 0 Å². The van der Waals surface area contributed by atoms with Crippen molar-refractivity contribution in [3.05, 3.63) is 81.2 Å². The number of non-ortho nitro benzene ring substituents is 1. The van der Waals surface area contributed by atoms with Crippen LogP contribution in [0.4, 0.5) is 5.69 Å². The minimum absolute atomic E-state index is 0.0533. The predicted octanol–water partition coefficient (Wildman–Crippen LogP) is 4.20. The zero-order valence-corrected chi connectivity index (χ0v) is 18.0. The molecule has 0 aliphatic heterocycles. The first-order valence-corrected chi connectivity index (χ1v) is 11.0. The monoisotopic (exact) mass is 433 g/mol. The Morgan fingerprint density at radius 2 is 1.53 bits per heavy atom. The maximum absolute atomic E-state index is 13.3. The fraction of sp³-hybridized carbons (Fsp3) is 0.333. The molecule has 0 unspecified atom stereocenters. The third-order valence-corrected chi connectivity index (χ3v) is 5.77. The van der Waals surface area contributed by atoms with E-state index in [9.17, 15) is 19.7 Å². The predicted molar refractivity (Wildman–Crippen MR) is 117 cm³/mol. The number of hydrogen-bond acceptors (Lipinski definition) is 5. The van der Waals surface area contributed by atoms with Gasteiger partial charge in [0.25, 0.3) is 11.4 Å². The van der Waals surface area contributed by atoms with E-state index < -0.39 is 4.92 Å². The Balaban J connectivity index is 1.72. The molecule has 4 rings (SSSR count). The Bertz CT molecular complexity index is 1180. The zero-order valence-electron chi connectivity index (χ0n) is 18.0. The van der Waals surface area contributed by atoms with Crippen LogP contribution in [0, 0.1) is 10.1 Å². The number of fused-ring (bicyclic) bond motifs is 2. The third kappa shape index (κ3) is 3.95. The first kappa shape index (κ1) is 21.5. The summed E-state index contributed by atoms with van der Waals surface area (Å²) in [5.41, 5.74) is 1.65. The molecule has 0 N–H and O–H groups in total. The summed E-state index contributed by atoms with van der Waals surface area (Å²) in [6, 6.07) is 12.6. The second-order valence-electron chi connectivity index (χ2n) is 7.97. The van der Waals surface area contributed by atoms with Crippen molar-refractivity contribution >= 4 is 17.3 Å². The van der Waals surface area contributed by atoms with Crippen LogP contribution in [0.3, 0.4) is 0 Å². The molecule has 1 aromatic heterocycles. The number of nitro benzene ring substituents is 1. The lowest BCUT2D eigenvalue weighted by Gasteiger charge is -2.11. The lowest BCUT2D eigenvalue weighted by Crippen LogP contribution is -2.43. The number of aryl methyl sites for hydroxylation is 1. The average molecular weight is 433 g/mol. The van der Waals surface area contributed by atoms with Crippen LogP contribution in [0.25, 0.3) is 5.69 Å². The first-order valence-electron chi connectivity index (χ1n) is 11.0. The number of nitrogens with zero attached hydrogens (tertiary/aromatic N) is 4. The van der Waals surface area contributed by atoms with Crippen molar-refractivity contribution in [3.63, 3.8) is 0 Å². The first-order chi connectivity index (χ1) is 15.5. The number of ketones is 2. The number of benzene rings is 2. The molecule has 8 heteroatoms.